The van der Waals surface area contributed by atoms with Gasteiger partial charge >= 0.3 is 11.9 Å². The molecule has 1 heterocycles. The number of likely N-dealkylation sites (tertiary alicyclic amines) is 1. The number of Topliss-reactive ketones (excluding diaryl/α,β-unsaturated/α-hetero) is 1. The summed E-state index contributed by atoms with van der Waals surface area (Å²) in [4.78, 5) is 62.9. The summed E-state index contributed by atoms with van der Waals surface area (Å²) in [5.74, 6) is -3.78. The molecule has 2 aromatic carbocycles. The monoisotopic (exact) mass is 577 g/mol. The van der Waals surface area contributed by atoms with Gasteiger partial charge in [-0.3, -0.25) is 24.1 Å². The number of anilines is 1. The maximum absolute atomic E-state index is 13.1. The number of aliphatic carboxylic acids is 2. The number of carboxylic acids is 2. The minimum Gasteiger partial charge on any atom is -0.481 e. The first-order valence-electron chi connectivity index (χ1n) is 12.4. The van der Waals surface area contributed by atoms with Crippen LogP contribution in [0.4, 0.5) is 5.69 Å². The maximum atomic E-state index is 13.1. The van der Waals surface area contributed by atoms with E-state index in [0.29, 0.717) is 30.6 Å². The topological polar surface area (TPSA) is 153 Å². The summed E-state index contributed by atoms with van der Waals surface area (Å²) in [6.07, 6.45) is 1.57. The van der Waals surface area contributed by atoms with Crippen LogP contribution in [0.3, 0.4) is 0 Å². The number of nitrogens with zero attached hydrogens (tertiary/aromatic N) is 1. The van der Waals surface area contributed by atoms with Gasteiger partial charge < -0.3 is 20.8 Å². The van der Waals surface area contributed by atoms with E-state index in [-0.39, 0.29) is 53.6 Å². The number of carbonyl (C=O) groups is 5. The summed E-state index contributed by atoms with van der Waals surface area (Å²) in [5, 5.41) is 24.2. The lowest BCUT2D eigenvalue weighted by Crippen LogP contribution is -2.55. The average Bonchev–Trinajstić information content (AvgIpc) is 3.05. The van der Waals surface area contributed by atoms with E-state index in [1.165, 1.54) is 0 Å². The molecule has 0 aromatic heterocycles. The second kappa shape index (κ2) is 14.1. The second-order valence-corrected chi connectivity index (χ2v) is 10.0. The van der Waals surface area contributed by atoms with Gasteiger partial charge in [-0.05, 0) is 62.2 Å². The Kier molecular flexibility index (Phi) is 10.8. The average molecular weight is 578 g/mol. The number of hydrogen-bond acceptors (Lipinski definition) is 6. The minimum atomic E-state index is -1.31. The molecule has 1 aliphatic rings. The van der Waals surface area contributed by atoms with Crippen LogP contribution in [-0.4, -0.2) is 69.8 Å². The van der Waals surface area contributed by atoms with Crippen molar-refractivity contribution in [1.82, 2.24) is 10.2 Å². The van der Waals surface area contributed by atoms with E-state index in [4.69, 9.17) is 28.3 Å². The van der Waals surface area contributed by atoms with Crippen molar-refractivity contribution < 1.29 is 34.2 Å². The third-order valence-corrected chi connectivity index (χ3v) is 6.96. The van der Waals surface area contributed by atoms with Gasteiger partial charge in [0.05, 0.1) is 15.6 Å². The molecule has 0 bridgehead atoms. The van der Waals surface area contributed by atoms with Crippen molar-refractivity contribution in [3.05, 3.63) is 63.6 Å². The lowest BCUT2D eigenvalue weighted by atomic mass is 10.0. The quantitative estimate of drug-likeness (QED) is 0.295. The van der Waals surface area contributed by atoms with Gasteiger partial charge in [0.2, 0.25) is 5.91 Å². The van der Waals surface area contributed by atoms with Crippen LogP contribution < -0.4 is 10.6 Å². The van der Waals surface area contributed by atoms with Crippen LogP contribution in [0.1, 0.15) is 48.0 Å². The largest absolute Gasteiger partial charge is 0.481 e. The summed E-state index contributed by atoms with van der Waals surface area (Å²) in [6, 6.07) is 8.62. The highest BCUT2D eigenvalue weighted by Gasteiger charge is 2.36. The number of benzene rings is 2. The normalized spacial score (nSPS) is 16.7. The Labute approximate surface area is 235 Å². The third-order valence-electron chi connectivity index (χ3n) is 6.33. The van der Waals surface area contributed by atoms with E-state index >= 15 is 0 Å². The predicted octanol–water partition coefficient (Wildman–Crippen LogP) is 3.65. The molecule has 2 atom stereocenters. The van der Waals surface area contributed by atoms with Crippen molar-refractivity contribution in [3.8, 4) is 0 Å². The minimum absolute atomic E-state index is 0.0639. The fourth-order valence-electron chi connectivity index (χ4n) is 4.39. The van der Waals surface area contributed by atoms with Gasteiger partial charge in [0.25, 0.3) is 5.91 Å². The second-order valence-electron chi connectivity index (χ2n) is 9.21. The Morgan fingerprint density at radius 3 is 2.28 bits per heavy atom. The molecule has 1 saturated heterocycles. The molecule has 0 spiro atoms. The molecule has 1 aliphatic heterocycles. The van der Waals surface area contributed by atoms with Crippen LogP contribution in [-0.2, 0) is 25.6 Å². The number of rotatable bonds is 11. The van der Waals surface area contributed by atoms with Crippen molar-refractivity contribution in [2.45, 2.75) is 50.6 Å². The Hall–Kier alpha value is -3.47. The van der Waals surface area contributed by atoms with E-state index in [1.807, 2.05) is 0 Å². The lowest BCUT2D eigenvalue weighted by molar-refractivity contribution is -0.144. The van der Waals surface area contributed by atoms with E-state index in [0.717, 1.165) is 0 Å². The van der Waals surface area contributed by atoms with Gasteiger partial charge in [-0.15, -0.1) is 0 Å². The number of carbonyl (C=O) groups excluding carboxylic acids is 3. The van der Waals surface area contributed by atoms with Crippen LogP contribution in [0.25, 0.3) is 0 Å². The molecule has 4 N–H and O–H groups in total. The number of halogens is 2. The van der Waals surface area contributed by atoms with Crippen molar-refractivity contribution in [3.63, 3.8) is 0 Å². The smallest absolute Gasteiger partial charge is 0.326 e. The Bertz CT molecular complexity index is 1220. The van der Waals surface area contributed by atoms with E-state index in [9.17, 15) is 29.1 Å². The van der Waals surface area contributed by atoms with E-state index in [2.05, 4.69) is 10.6 Å². The molecule has 2 aromatic rings. The summed E-state index contributed by atoms with van der Waals surface area (Å²) in [6.45, 7) is 0.675. The highest BCUT2D eigenvalue weighted by molar-refractivity contribution is 6.40. The van der Waals surface area contributed by atoms with Gasteiger partial charge in [0.1, 0.15) is 12.1 Å². The zero-order valence-electron chi connectivity index (χ0n) is 21.0. The third kappa shape index (κ3) is 8.51. The van der Waals surface area contributed by atoms with Crippen LogP contribution in [0, 0.1) is 0 Å². The van der Waals surface area contributed by atoms with Crippen LogP contribution in [0.5, 0.6) is 0 Å². The Morgan fingerprint density at radius 2 is 1.67 bits per heavy atom. The first-order chi connectivity index (χ1) is 18.6. The standard InChI is InChI=1S/C27H29Cl2N3O7/c28-18-5-3-6-19(29)23(18)25(36)30-17-11-9-16(10-12-17)15-20(27(38)39)31-26(37)24-21(33)7-1-2-13-32(24)14-4-8-22(34)35/h3,5-6,9-12,20,24H,1-2,4,7-8,13-15H2,(H,30,36)(H,31,37)(H,34,35)(H,38,39)/t20-,24+/m0/s1. The summed E-state index contributed by atoms with van der Waals surface area (Å²) < 4.78 is 0. The van der Waals surface area contributed by atoms with Crippen LogP contribution in [0.15, 0.2) is 42.5 Å². The van der Waals surface area contributed by atoms with Crippen molar-refractivity contribution in [2.24, 2.45) is 0 Å². The van der Waals surface area contributed by atoms with Gasteiger partial charge in [0, 0.05) is 24.9 Å². The maximum Gasteiger partial charge on any atom is 0.326 e. The van der Waals surface area contributed by atoms with Crippen molar-refractivity contribution in [1.29, 1.82) is 0 Å². The molecule has 0 aliphatic carbocycles. The molecule has 12 heteroatoms. The molecule has 39 heavy (non-hydrogen) atoms. The molecule has 208 valence electrons. The zero-order valence-corrected chi connectivity index (χ0v) is 22.5. The van der Waals surface area contributed by atoms with Gasteiger partial charge in [0.15, 0.2) is 5.78 Å². The number of carboxylic acid groups (broad SMARTS) is 2. The zero-order chi connectivity index (χ0) is 28.5. The Morgan fingerprint density at radius 1 is 1.00 bits per heavy atom. The SMILES string of the molecule is O=C(O)CCCN1CCCCC(=O)[C@@H]1C(=O)N[C@@H](Cc1ccc(NC(=O)c2c(Cl)cccc2Cl)cc1)C(=O)O. The number of ketones is 1. The van der Waals surface area contributed by atoms with E-state index in [1.54, 1.807) is 47.4 Å². The molecule has 2 amide bonds. The molecule has 3 rings (SSSR count). The highest BCUT2D eigenvalue weighted by atomic mass is 35.5. The molecule has 0 saturated carbocycles. The lowest BCUT2D eigenvalue weighted by Gasteiger charge is -2.28. The summed E-state index contributed by atoms with van der Waals surface area (Å²) in [5.41, 5.74) is 1.13. The first kappa shape index (κ1) is 30.1. The van der Waals surface area contributed by atoms with Crippen molar-refractivity contribution >= 4 is 58.4 Å². The highest BCUT2D eigenvalue weighted by Crippen LogP contribution is 2.25. The molecule has 0 unspecified atom stereocenters. The van der Waals surface area contributed by atoms with Gasteiger partial charge in [-0.1, -0.05) is 41.4 Å². The summed E-state index contributed by atoms with van der Waals surface area (Å²) >= 11 is 12.2. The number of nitrogens with one attached hydrogen (secondary N) is 2. The van der Waals surface area contributed by atoms with Crippen LogP contribution >= 0.6 is 23.2 Å². The van der Waals surface area contributed by atoms with Crippen molar-refractivity contribution in [2.75, 3.05) is 18.4 Å². The first-order valence-corrected chi connectivity index (χ1v) is 13.2. The molecule has 1 fully saturated rings. The fourth-order valence-corrected chi connectivity index (χ4v) is 4.96. The predicted molar refractivity (Wildman–Crippen MR) is 145 cm³/mol. The number of amides is 2. The fraction of sp³-hybridized carbons (Fsp3) is 0.370. The van der Waals surface area contributed by atoms with Gasteiger partial charge in [-0.2, -0.15) is 0 Å². The summed E-state index contributed by atoms with van der Waals surface area (Å²) in [7, 11) is 0. The molecular weight excluding hydrogens is 549 g/mol. The molecular formula is C27H29Cl2N3O7. The molecule has 0 radical (unpaired) electrons. The molecule has 10 nitrogen and oxygen atoms in total. The van der Waals surface area contributed by atoms with Crippen LogP contribution in [0.2, 0.25) is 10.0 Å². The van der Waals surface area contributed by atoms with E-state index < -0.39 is 35.8 Å². The van der Waals surface area contributed by atoms with Gasteiger partial charge in [-0.25, -0.2) is 4.79 Å². The Balaban J connectivity index is 1.67. The number of hydrogen-bond donors (Lipinski definition) is 4.